The van der Waals surface area contributed by atoms with Gasteiger partial charge in [-0.3, -0.25) is 9.59 Å². The monoisotopic (exact) mass is 386 g/mol. The lowest BCUT2D eigenvalue weighted by molar-refractivity contribution is -0.135. The maximum absolute atomic E-state index is 12.9. The summed E-state index contributed by atoms with van der Waals surface area (Å²) >= 11 is 5.91. The number of amides is 2. The number of halogens is 1. The van der Waals surface area contributed by atoms with Gasteiger partial charge in [0.2, 0.25) is 17.7 Å². The van der Waals surface area contributed by atoms with Crippen LogP contribution in [0.1, 0.15) is 12.8 Å². The van der Waals surface area contributed by atoms with E-state index in [1.54, 1.807) is 52.4 Å². The van der Waals surface area contributed by atoms with Crippen LogP contribution in [0.25, 0.3) is 0 Å². The molecule has 3 heterocycles. The van der Waals surface area contributed by atoms with Crippen LogP contribution in [0.15, 0.2) is 42.6 Å². The molecule has 0 aliphatic carbocycles. The number of carbonyl (C=O) groups is 2. The van der Waals surface area contributed by atoms with Crippen LogP contribution in [0.3, 0.4) is 0 Å². The fourth-order valence-electron chi connectivity index (χ4n) is 3.55. The Hall–Kier alpha value is -2.67. The number of ether oxygens (including phenoxy) is 1. The zero-order valence-corrected chi connectivity index (χ0v) is 15.4. The molecule has 0 N–H and O–H groups in total. The summed E-state index contributed by atoms with van der Waals surface area (Å²) in [6.45, 7) is 1.52. The van der Waals surface area contributed by atoms with E-state index < -0.39 is 0 Å². The van der Waals surface area contributed by atoms with E-state index in [2.05, 4.69) is 10.2 Å². The average Bonchev–Trinajstić information content (AvgIpc) is 3.30. The van der Waals surface area contributed by atoms with E-state index in [-0.39, 0.29) is 30.3 Å². The second-order valence-corrected chi connectivity index (χ2v) is 7.19. The number of carbonyl (C=O) groups excluding carboxylic acids is 2. The van der Waals surface area contributed by atoms with E-state index in [0.29, 0.717) is 30.5 Å². The van der Waals surface area contributed by atoms with E-state index in [4.69, 9.17) is 16.3 Å². The number of nitrogens with zero attached hydrogens (tertiary/aromatic N) is 4. The summed E-state index contributed by atoms with van der Waals surface area (Å²) in [7, 11) is 0. The summed E-state index contributed by atoms with van der Waals surface area (Å²) in [5, 5.41) is 8.32. The molecular weight excluding hydrogens is 368 g/mol. The van der Waals surface area contributed by atoms with Crippen molar-refractivity contribution in [3.05, 3.63) is 47.6 Å². The molecule has 0 bridgehead atoms. The first-order chi connectivity index (χ1) is 13.1. The van der Waals surface area contributed by atoms with Gasteiger partial charge in [-0.25, -0.2) is 0 Å². The Balaban J connectivity index is 1.36. The van der Waals surface area contributed by atoms with Crippen molar-refractivity contribution in [3.63, 3.8) is 0 Å². The van der Waals surface area contributed by atoms with E-state index in [1.807, 2.05) is 0 Å². The SMILES string of the molecule is O=C([C@@H]1CC(=O)N(c2ccc(Cl)cc2)C1)N1CC[C@@H](Oc2cccnn2)C1. The van der Waals surface area contributed by atoms with Crippen molar-refractivity contribution in [3.8, 4) is 5.88 Å². The summed E-state index contributed by atoms with van der Waals surface area (Å²) in [5.41, 5.74) is 0.769. The molecular formula is C19H19ClN4O3. The molecule has 2 fully saturated rings. The molecule has 2 atom stereocenters. The molecule has 140 valence electrons. The molecule has 2 aromatic rings. The van der Waals surface area contributed by atoms with Crippen molar-refractivity contribution >= 4 is 29.1 Å². The van der Waals surface area contributed by atoms with E-state index in [0.717, 1.165) is 12.1 Å². The van der Waals surface area contributed by atoms with Gasteiger partial charge in [-0.2, -0.15) is 5.10 Å². The quantitative estimate of drug-likeness (QED) is 0.804. The normalized spacial score (nSPS) is 22.3. The van der Waals surface area contributed by atoms with Gasteiger partial charge in [0.15, 0.2) is 0 Å². The van der Waals surface area contributed by atoms with Gasteiger partial charge in [-0.1, -0.05) is 11.6 Å². The van der Waals surface area contributed by atoms with Gasteiger partial charge in [0.05, 0.1) is 12.5 Å². The Morgan fingerprint density at radius 3 is 2.74 bits per heavy atom. The van der Waals surface area contributed by atoms with Gasteiger partial charge in [0, 0.05) is 48.9 Å². The highest BCUT2D eigenvalue weighted by Crippen LogP contribution is 2.28. The summed E-state index contributed by atoms with van der Waals surface area (Å²) in [5.74, 6) is 0.0949. The van der Waals surface area contributed by atoms with Crippen LogP contribution in [-0.4, -0.2) is 52.6 Å². The lowest BCUT2D eigenvalue weighted by Gasteiger charge is -2.21. The van der Waals surface area contributed by atoms with Crippen molar-refractivity contribution < 1.29 is 14.3 Å². The third-order valence-corrected chi connectivity index (χ3v) is 5.16. The van der Waals surface area contributed by atoms with Crippen LogP contribution >= 0.6 is 11.6 Å². The molecule has 2 amide bonds. The first-order valence-corrected chi connectivity index (χ1v) is 9.27. The smallest absolute Gasteiger partial charge is 0.233 e. The van der Waals surface area contributed by atoms with Gasteiger partial charge >= 0.3 is 0 Å². The molecule has 2 aliphatic rings. The van der Waals surface area contributed by atoms with Gasteiger partial charge in [0.1, 0.15) is 6.10 Å². The lowest BCUT2D eigenvalue weighted by Crippen LogP contribution is -2.37. The fraction of sp³-hybridized carbons (Fsp3) is 0.368. The third-order valence-electron chi connectivity index (χ3n) is 4.90. The summed E-state index contributed by atoms with van der Waals surface area (Å²) < 4.78 is 5.78. The van der Waals surface area contributed by atoms with Crippen LogP contribution in [-0.2, 0) is 9.59 Å². The van der Waals surface area contributed by atoms with E-state index in [1.165, 1.54) is 0 Å². The number of rotatable bonds is 4. The zero-order chi connectivity index (χ0) is 18.8. The zero-order valence-electron chi connectivity index (χ0n) is 14.6. The summed E-state index contributed by atoms with van der Waals surface area (Å²) in [4.78, 5) is 28.7. The molecule has 8 heteroatoms. The molecule has 2 saturated heterocycles. The van der Waals surface area contributed by atoms with Gasteiger partial charge in [-0.05, 0) is 30.3 Å². The van der Waals surface area contributed by atoms with Crippen LogP contribution in [0.2, 0.25) is 5.02 Å². The first-order valence-electron chi connectivity index (χ1n) is 8.89. The minimum absolute atomic E-state index is 0.00468. The molecule has 0 radical (unpaired) electrons. The number of hydrogen-bond donors (Lipinski definition) is 0. The molecule has 0 unspecified atom stereocenters. The second kappa shape index (κ2) is 7.52. The Kier molecular flexibility index (Phi) is 4.94. The standard InChI is InChI=1S/C19H19ClN4O3/c20-14-3-5-15(6-4-14)24-11-13(10-18(24)25)19(26)23-9-7-16(12-23)27-17-2-1-8-21-22-17/h1-6,8,13,16H,7,9-12H2/t13-,16-/m1/s1. The lowest BCUT2D eigenvalue weighted by atomic mass is 10.1. The highest BCUT2D eigenvalue weighted by molar-refractivity contribution is 6.30. The number of likely N-dealkylation sites (tertiary alicyclic amines) is 1. The van der Waals surface area contributed by atoms with Crippen molar-refractivity contribution in [2.75, 3.05) is 24.5 Å². The maximum Gasteiger partial charge on any atom is 0.233 e. The fourth-order valence-corrected chi connectivity index (χ4v) is 3.67. The Morgan fingerprint density at radius 1 is 1.19 bits per heavy atom. The maximum atomic E-state index is 12.9. The minimum atomic E-state index is -0.330. The minimum Gasteiger partial charge on any atom is -0.471 e. The molecule has 0 spiro atoms. The van der Waals surface area contributed by atoms with Gasteiger partial charge in [-0.15, -0.1) is 5.10 Å². The molecule has 27 heavy (non-hydrogen) atoms. The predicted octanol–water partition coefficient (Wildman–Crippen LogP) is 2.16. The largest absolute Gasteiger partial charge is 0.471 e. The Labute approximate surface area is 161 Å². The Morgan fingerprint density at radius 2 is 2.00 bits per heavy atom. The topological polar surface area (TPSA) is 75.6 Å². The highest BCUT2D eigenvalue weighted by atomic mass is 35.5. The highest BCUT2D eigenvalue weighted by Gasteiger charge is 2.39. The number of anilines is 1. The number of hydrogen-bond acceptors (Lipinski definition) is 5. The second-order valence-electron chi connectivity index (χ2n) is 6.76. The molecule has 1 aromatic carbocycles. The average molecular weight is 387 g/mol. The van der Waals surface area contributed by atoms with Gasteiger partial charge in [0.25, 0.3) is 0 Å². The number of aromatic nitrogens is 2. The van der Waals surface area contributed by atoms with Gasteiger partial charge < -0.3 is 14.5 Å². The Bertz CT molecular complexity index is 831. The van der Waals surface area contributed by atoms with Crippen molar-refractivity contribution in [2.24, 2.45) is 5.92 Å². The van der Waals surface area contributed by atoms with E-state index in [9.17, 15) is 9.59 Å². The molecule has 1 aromatic heterocycles. The van der Waals surface area contributed by atoms with Crippen LogP contribution in [0.4, 0.5) is 5.69 Å². The van der Waals surface area contributed by atoms with E-state index >= 15 is 0 Å². The molecule has 7 nitrogen and oxygen atoms in total. The summed E-state index contributed by atoms with van der Waals surface area (Å²) in [6, 6.07) is 10.6. The van der Waals surface area contributed by atoms with Crippen molar-refractivity contribution in [2.45, 2.75) is 18.9 Å². The van der Waals surface area contributed by atoms with Crippen LogP contribution in [0, 0.1) is 5.92 Å². The number of benzene rings is 1. The third kappa shape index (κ3) is 3.88. The molecule has 4 rings (SSSR count). The van der Waals surface area contributed by atoms with Crippen LogP contribution < -0.4 is 9.64 Å². The summed E-state index contributed by atoms with van der Waals surface area (Å²) in [6.07, 6.45) is 2.45. The van der Waals surface area contributed by atoms with Crippen molar-refractivity contribution in [1.29, 1.82) is 0 Å². The van der Waals surface area contributed by atoms with Crippen LogP contribution in [0.5, 0.6) is 5.88 Å². The van der Waals surface area contributed by atoms with Crippen molar-refractivity contribution in [1.82, 2.24) is 15.1 Å². The predicted molar refractivity (Wildman–Crippen MR) is 99.6 cm³/mol. The molecule has 2 aliphatic heterocycles. The first kappa shape index (κ1) is 17.7. The molecule has 0 saturated carbocycles.